The number of nitrogens with zero attached hydrogens (tertiary/aromatic N) is 5. The van der Waals surface area contributed by atoms with E-state index >= 15 is 0 Å². The standard InChI is InChI=1S/C23H20Cl2N6O/c1-16-20(22(25)31(29-16)15-17-5-7-19(24)8-6-17)9-10-21(32)27-14-18-4-2-11-26-23(18)30-13-3-12-28-30/h2-13H,14-15H2,1H3,(H,27,32)/b10-9+. The second-order valence-corrected chi connectivity index (χ2v) is 7.86. The van der Waals surface area contributed by atoms with E-state index in [1.54, 1.807) is 34.0 Å². The molecule has 0 saturated carbocycles. The maximum absolute atomic E-state index is 12.4. The van der Waals surface area contributed by atoms with Crippen LogP contribution in [0.4, 0.5) is 0 Å². The third-order valence-electron chi connectivity index (χ3n) is 4.80. The number of benzene rings is 1. The topological polar surface area (TPSA) is 77.6 Å². The van der Waals surface area contributed by atoms with Gasteiger partial charge in [-0.05, 0) is 42.8 Å². The molecule has 0 aliphatic heterocycles. The molecule has 0 atom stereocenters. The molecule has 4 aromatic rings. The average molecular weight is 467 g/mol. The van der Waals surface area contributed by atoms with Gasteiger partial charge in [0.1, 0.15) is 5.15 Å². The number of carbonyl (C=O) groups excluding carboxylic acids is 1. The van der Waals surface area contributed by atoms with Gasteiger partial charge >= 0.3 is 0 Å². The van der Waals surface area contributed by atoms with Crippen LogP contribution in [0, 0.1) is 6.92 Å². The van der Waals surface area contributed by atoms with Gasteiger partial charge in [-0.15, -0.1) is 0 Å². The minimum atomic E-state index is -0.249. The summed E-state index contributed by atoms with van der Waals surface area (Å²) in [5, 5.41) is 12.7. The Morgan fingerprint density at radius 1 is 1.12 bits per heavy atom. The average Bonchev–Trinajstić information content (AvgIpc) is 3.41. The van der Waals surface area contributed by atoms with Crippen molar-refractivity contribution in [3.8, 4) is 5.82 Å². The van der Waals surface area contributed by atoms with Crippen LogP contribution in [0.2, 0.25) is 10.2 Å². The van der Waals surface area contributed by atoms with Gasteiger partial charge in [0, 0.05) is 47.4 Å². The van der Waals surface area contributed by atoms with Crippen molar-refractivity contribution < 1.29 is 4.79 Å². The van der Waals surface area contributed by atoms with E-state index in [2.05, 4.69) is 20.5 Å². The number of amides is 1. The van der Waals surface area contributed by atoms with Crippen LogP contribution in [0.25, 0.3) is 11.9 Å². The smallest absolute Gasteiger partial charge is 0.244 e. The SMILES string of the molecule is Cc1nn(Cc2ccc(Cl)cc2)c(Cl)c1/C=C/C(=O)NCc1cccnc1-n1cccn1. The molecule has 0 fully saturated rings. The van der Waals surface area contributed by atoms with E-state index in [0.717, 1.165) is 16.8 Å². The van der Waals surface area contributed by atoms with E-state index < -0.39 is 0 Å². The molecule has 0 aliphatic rings. The number of hydrogen-bond acceptors (Lipinski definition) is 4. The van der Waals surface area contributed by atoms with E-state index in [4.69, 9.17) is 23.2 Å². The minimum absolute atomic E-state index is 0.249. The van der Waals surface area contributed by atoms with Crippen molar-refractivity contribution in [1.29, 1.82) is 0 Å². The molecule has 1 amide bonds. The molecule has 32 heavy (non-hydrogen) atoms. The van der Waals surface area contributed by atoms with Crippen molar-refractivity contribution in [2.45, 2.75) is 20.0 Å². The van der Waals surface area contributed by atoms with Crippen LogP contribution in [0.3, 0.4) is 0 Å². The Hall–Kier alpha value is -3.42. The van der Waals surface area contributed by atoms with Crippen LogP contribution in [-0.4, -0.2) is 30.5 Å². The summed E-state index contributed by atoms with van der Waals surface area (Å²) in [6.45, 7) is 2.68. The zero-order chi connectivity index (χ0) is 22.5. The van der Waals surface area contributed by atoms with Crippen LogP contribution in [0.1, 0.15) is 22.4 Å². The van der Waals surface area contributed by atoms with Crippen molar-refractivity contribution in [2.75, 3.05) is 0 Å². The van der Waals surface area contributed by atoms with E-state index in [9.17, 15) is 4.79 Å². The molecule has 7 nitrogen and oxygen atoms in total. The molecule has 9 heteroatoms. The Balaban J connectivity index is 1.42. The molecule has 1 N–H and O–H groups in total. The van der Waals surface area contributed by atoms with Gasteiger partial charge in [-0.1, -0.05) is 41.4 Å². The molecule has 3 aromatic heterocycles. The van der Waals surface area contributed by atoms with Gasteiger partial charge in [-0.25, -0.2) is 14.3 Å². The van der Waals surface area contributed by atoms with Crippen molar-refractivity contribution in [1.82, 2.24) is 29.9 Å². The summed E-state index contributed by atoms with van der Waals surface area (Å²) < 4.78 is 3.36. The fraction of sp³-hybridized carbons (Fsp3) is 0.130. The van der Waals surface area contributed by atoms with Crippen LogP contribution < -0.4 is 5.32 Å². The first kappa shape index (κ1) is 21.8. The number of carbonyl (C=O) groups is 1. The molecular formula is C23H20Cl2N6O. The van der Waals surface area contributed by atoms with Gasteiger partial charge in [0.2, 0.25) is 5.91 Å². The molecular weight excluding hydrogens is 447 g/mol. The summed E-state index contributed by atoms with van der Waals surface area (Å²) in [5.41, 5.74) is 3.31. The first-order chi connectivity index (χ1) is 15.5. The number of pyridine rings is 1. The Labute approximate surface area is 195 Å². The second kappa shape index (κ2) is 9.80. The summed E-state index contributed by atoms with van der Waals surface area (Å²) in [5.74, 6) is 0.422. The lowest BCUT2D eigenvalue weighted by Gasteiger charge is -2.08. The largest absolute Gasteiger partial charge is 0.348 e. The fourth-order valence-corrected chi connectivity index (χ4v) is 3.62. The Morgan fingerprint density at radius 2 is 1.94 bits per heavy atom. The van der Waals surface area contributed by atoms with Crippen LogP contribution in [0.15, 0.2) is 67.1 Å². The molecule has 1 aromatic carbocycles. The molecule has 0 unspecified atom stereocenters. The molecule has 0 radical (unpaired) electrons. The highest BCUT2D eigenvalue weighted by Gasteiger charge is 2.12. The van der Waals surface area contributed by atoms with Crippen LogP contribution in [-0.2, 0) is 17.9 Å². The van der Waals surface area contributed by atoms with Crippen molar-refractivity contribution >= 4 is 35.2 Å². The Kier molecular flexibility index (Phi) is 6.68. The van der Waals surface area contributed by atoms with Gasteiger partial charge in [0.25, 0.3) is 0 Å². The predicted molar refractivity (Wildman–Crippen MR) is 125 cm³/mol. The van der Waals surface area contributed by atoms with Gasteiger partial charge in [0.05, 0.1) is 12.2 Å². The number of rotatable bonds is 7. The van der Waals surface area contributed by atoms with Crippen molar-refractivity contribution in [3.05, 3.63) is 99.7 Å². The zero-order valence-electron chi connectivity index (χ0n) is 17.2. The van der Waals surface area contributed by atoms with E-state index in [0.29, 0.717) is 34.6 Å². The molecule has 162 valence electrons. The third-order valence-corrected chi connectivity index (χ3v) is 5.45. The summed E-state index contributed by atoms with van der Waals surface area (Å²) >= 11 is 12.5. The monoisotopic (exact) mass is 466 g/mol. The molecule has 0 saturated heterocycles. The first-order valence-electron chi connectivity index (χ1n) is 9.88. The number of halogens is 2. The highest BCUT2D eigenvalue weighted by molar-refractivity contribution is 6.31. The second-order valence-electron chi connectivity index (χ2n) is 7.06. The molecule has 0 aliphatic carbocycles. The van der Waals surface area contributed by atoms with Crippen molar-refractivity contribution in [2.24, 2.45) is 0 Å². The van der Waals surface area contributed by atoms with Crippen LogP contribution >= 0.6 is 23.2 Å². The minimum Gasteiger partial charge on any atom is -0.348 e. The highest BCUT2D eigenvalue weighted by Crippen LogP contribution is 2.22. The third kappa shape index (κ3) is 5.07. The number of hydrogen-bond donors (Lipinski definition) is 1. The lowest BCUT2D eigenvalue weighted by atomic mass is 10.2. The van der Waals surface area contributed by atoms with Crippen LogP contribution in [0.5, 0.6) is 0 Å². The lowest BCUT2D eigenvalue weighted by Crippen LogP contribution is -2.21. The number of nitrogens with one attached hydrogen (secondary N) is 1. The lowest BCUT2D eigenvalue weighted by molar-refractivity contribution is -0.116. The fourth-order valence-electron chi connectivity index (χ4n) is 3.19. The normalized spacial score (nSPS) is 11.2. The Bertz CT molecular complexity index is 1250. The van der Waals surface area contributed by atoms with Gasteiger partial charge in [0.15, 0.2) is 5.82 Å². The highest BCUT2D eigenvalue weighted by atomic mass is 35.5. The van der Waals surface area contributed by atoms with E-state index in [1.165, 1.54) is 6.08 Å². The van der Waals surface area contributed by atoms with Gasteiger partial charge in [-0.3, -0.25) is 4.79 Å². The van der Waals surface area contributed by atoms with E-state index in [-0.39, 0.29) is 5.91 Å². The zero-order valence-corrected chi connectivity index (χ0v) is 18.8. The molecule has 0 spiro atoms. The maximum atomic E-state index is 12.4. The first-order valence-corrected chi connectivity index (χ1v) is 10.6. The van der Waals surface area contributed by atoms with Gasteiger partial charge < -0.3 is 5.32 Å². The molecule has 3 heterocycles. The summed E-state index contributed by atoms with van der Waals surface area (Å²) in [6, 6.07) is 13.0. The number of aryl methyl sites for hydroxylation is 1. The Morgan fingerprint density at radius 3 is 2.69 bits per heavy atom. The summed E-state index contributed by atoms with van der Waals surface area (Å²) in [6.07, 6.45) is 8.30. The van der Waals surface area contributed by atoms with E-state index in [1.807, 2.05) is 49.4 Å². The van der Waals surface area contributed by atoms with Gasteiger partial charge in [-0.2, -0.15) is 10.2 Å². The van der Waals surface area contributed by atoms with Crippen molar-refractivity contribution in [3.63, 3.8) is 0 Å². The quantitative estimate of drug-likeness (QED) is 0.408. The maximum Gasteiger partial charge on any atom is 0.244 e. The predicted octanol–water partition coefficient (Wildman–Crippen LogP) is 4.46. The molecule has 0 bridgehead atoms. The number of aromatic nitrogens is 5. The molecule has 4 rings (SSSR count). The summed E-state index contributed by atoms with van der Waals surface area (Å²) in [7, 11) is 0. The summed E-state index contributed by atoms with van der Waals surface area (Å²) in [4.78, 5) is 16.8.